The molecule has 0 saturated heterocycles. The summed E-state index contributed by atoms with van der Waals surface area (Å²) in [7, 11) is -3.41. The second kappa shape index (κ2) is 9.72. The number of anilines is 1. The van der Waals surface area contributed by atoms with Gasteiger partial charge in [-0.2, -0.15) is 0 Å². The molecule has 1 heterocycles. The van der Waals surface area contributed by atoms with E-state index in [0.717, 1.165) is 17.6 Å². The van der Waals surface area contributed by atoms with Crippen molar-refractivity contribution in [3.8, 4) is 0 Å². The number of hydrogen-bond donors (Lipinski definition) is 1. The van der Waals surface area contributed by atoms with Gasteiger partial charge in [0.05, 0.1) is 23.7 Å². The number of carbonyl (C=O) groups is 3. The van der Waals surface area contributed by atoms with Crippen molar-refractivity contribution in [2.75, 3.05) is 25.2 Å². The van der Waals surface area contributed by atoms with Gasteiger partial charge in [-0.05, 0) is 38.1 Å². The van der Waals surface area contributed by atoms with Gasteiger partial charge < -0.3 is 19.9 Å². The van der Waals surface area contributed by atoms with E-state index in [-0.39, 0.29) is 44.7 Å². The van der Waals surface area contributed by atoms with E-state index in [4.69, 9.17) is 19.9 Å². The highest BCUT2D eigenvalue weighted by molar-refractivity contribution is 7.90. The number of esters is 3. The van der Waals surface area contributed by atoms with Crippen LogP contribution in [0.3, 0.4) is 0 Å². The fraction of sp³-hybridized carbons (Fsp3) is 0.316. The van der Waals surface area contributed by atoms with E-state index in [0.29, 0.717) is 0 Å². The summed E-state index contributed by atoms with van der Waals surface area (Å²) in [6, 6.07) is 5.17. The van der Waals surface area contributed by atoms with Gasteiger partial charge in [0, 0.05) is 11.8 Å². The summed E-state index contributed by atoms with van der Waals surface area (Å²) in [5.41, 5.74) is 6.04. The van der Waals surface area contributed by atoms with Crippen LogP contribution in [0.1, 0.15) is 49.8 Å². The zero-order valence-corrected chi connectivity index (χ0v) is 18.2. The van der Waals surface area contributed by atoms with Crippen molar-refractivity contribution in [1.82, 2.24) is 0 Å². The predicted molar refractivity (Wildman–Crippen MR) is 109 cm³/mol. The third-order valence-electron chi connectivity index (χ3n) is 3.84. The third-order valence-corrected chi connectivity index (χ3v) is 6.01. The lowest BCUT2D eigenvalue weighted by Gasteiger charge is -2.09. The molecular weight excluding hydrogens is 434 g/mol. The Morgan fingerprint density at radius 2 is 1.50 bits per heavy atom. The summed E-state index contributed by atoms with van der Waals surface area (Å²) >= 11 is 0.840. The van der Waals surface area contributed by atoms with Gasteiger partial charge in [-0.25, -0.2) is 22.8 Å². The molecule has 2 N–H and O–H groups in total. The third kappa shape index (κ3) is 5.36. The maximum Gasteiger partial charge on any atom is 0.348 e. The van der Waals surface area contributed by atoms with Gasteiger partial charge in [0.2, 0.25) is 0 Å². The number of nitrogens with two attached hydrogens (primary N) is 1. The summed E-state index contributed by atoms with van der Waals surface area (Å²) in [6.07, 6.45) is 1.05. The molecule has 0 aliphatic rings. The Hall–Kier alpha value is -2.92. The average molecular weight is 456 g/mol. The normalized spacial score (nSPS) is 11.0. The lowest BCUT2D eigenvalue weighted by molar-refractivity contribution is 0.0437. The van der Waals surface area contributed by atoms with Crippen LogP contribution in [0, 0.1) is 0 Å². The topological polar surface area (TPSA) is 139 Å². The summed E-state index contributed by atoms with van der Waals surface area (Å²) in [5, 5.41) is 0.0417. The fourth-order valence-electron chi connectivity index (χ4n) is 2.47. The predicted octanol–water partition coefficient (Wildman–Crippen LogP) is 2.44. The molecular formula is C19H21NO8S2. The monoisotopic (exact) mass is 455 g/mol. The zero-order valence-electron chi connectivity index (χ0n) is 16.6. The molecule has 0 saturated carbocycles. The molecule has 0 aliphatic carbocycles. The quantitative estimate of drug-likeness (QED) is 0.469. The van der Waals surface area contributed by atoms with Crippen molar-refractivity contribution >= 4 is 44.1 Å². The van der Waals surface area contributed by atoms with E-state index >= 15 is 0 Å². The summed E-state index contributed by atoms with van der Waals surface area (Å²) < 4.78 is 38.2. The molecule has 0 fully saturated rings. The molecule has 1 aromatic heterocycles. The Morgan fingerprint density at radius 3 is 2.03 bits per heavy atom. The molecule has 1 aromatic carbocycles. The Bertz CT molecular complexity index is 1050. The van der Waals surface area contributed by atoms with Crippen molar-refractivity contribution < 1.29 is 37.0 Å². The van der Waals surface area contributed by atoms with Crippen molar-refractivity contribution in [3.63, 3.8) is 0 Å². The highest BCUT2D eigenvalue weighted by Crippen LogP contribution is 2.33. The Morgan fingerprint density at radius 1 is 0.933 bits per heavy atom. The lowest BCUT2D eigenvalue weighted by Crippen LogP contribution is -2.14. The minimum atomic E-state index is -3.41. The van der Waals surface area contributed by atoms with E-state index in [1.807, 2.05) is 0 Å². The van der Waals surface area contributed by atoms with E-state index in [1.54, 1.807) is 13.8 Å². The zero-order chi connectivity index (χ0) is 22.5. The smallest absolute Gasteiger partial charge is 0.348 e. The van der Waals surface area contributed by atoms with E-state index < -0.39 is 34.4 Å². The van der Waals surface area contributed by atoms with Crippen LogP contribution in [0.5, 0.6) is 0 Å². The summed E-state index contributed by atoms with van der Waals surface area (Å²) in [5.74, 6) is -2.22. The van der Waals surface area contributed by atoms with Gasteiger partial charge in [-0.1, -0.05) is 0 Å². The van der Waals surface area contributed by atoms with Crippen molar-refractivity contribution in [2.24, 2.45) is 0 Å². The van der Waals surface area contributed by atoms with Crippen molar-refractivity contribution in [1.29, 1.82) is 0 Å². The number of carbonyl (C=O) groups excluding carboxylic acids is 3. The highest BCUT2D eigenvalue weighted by Gasteiger charge is 2.28. The van der Waals surface area contributed by atoms with Gasteiger partial charge >= 0.3 is 17.9 Å². The number of nitrogen functional groups attached to an aromatic ring is 1. The standard InChI is InChI=1S/C19H21NO8S2/c1-4-26-18(22)14-13(15(29-16(14)20)19(23)27-5-2)10-28-17(21)11-6-8-12(9-7-11)30(3,24)25/h6-9H,4-5,10,20H2,1-3H3. The van der Waals surface area contributed by atoms with Crippen LogP contribution in [0.2, 0.25) is 0 Å². The molecule has 0 unspecified atom stereocenters. The molecule has 0 radical (unpaired) electrons. The maximum atomic E-state index is 12.4. The molecule has 0 atom stereocenters. The number of benzene rings is 1. The Balaban J connectivity index is 2.30. The SMILES string of the molecule is CCOC(=O)c1sc(N)c(C(=O)OCC)c1COC(=O)c1ccc(S(C)(=O)=O)cc1. The average Bonchev–Trinajstić information content (AvgIpc) is 3.02. The Kier molecular flexibility index (Phi) is 7.57. The van der Waals surface area contributed by atoms with Gasteiger partial charge in [-0.15, -0.1) is 11.3 Å². The van der Waals surface area contributed by atoms with Crippen LogP contribution in [0.15, 0.2) is 29.2 Å². The highest BCUT2D eigenvalue weighted by atomic mass is 32.2. The first-order chi connectivity index (χ1) is 14.1. The number of ether oxygens (including phenoxy) is 3. The van der Waals surface area contributed by atoms with Crippen molar-refractivity contribution in [3.05, 3.63) is 45.8 Å². The van der Waals surface area contributed by atoms with Crippen molar-refractivity contribution in [2.45, 2.75) is 25.3 Å². The van der Waals surface area contributed by atoms with E-state index in [1.165, 1.54) is 24.3 Å². The van der Waals surface area contributed by atoms with Gasteiger partial charge in [-0.3, -0.25) is 0 Å². The molecule has 2 aromatic rings. The van der Waals surface area contributed by atoms with E-state index in [9.17, 15) is 22.8 Å². The van der Waals surface area contributed by atoms with Crippen LogP contribution >= 0.6 is 11.3 Å². The molecule has 0 bridgehead atoms. The molecule has 30 heavy (non-hydrogen) atoms. The molecule has 0 aliphatic heterocycles. The van der Waals surface area contributed by atoms with Gasteiger partial charge in [0.15, 0.2) is 9.84 Å². The van der Waals surface area contributed by atoms with Crippen LogP contribution in [0.25, 0.3) is 0 Å². The molecule has 162 valence electrons. The number of sulfone groups is 1. The van der Waals surface area contributed by atoms with Gasteiger partial charge in [0.25, 0.3) is 0 Å². The number of rotatable bonds is 8. The summed E-state index contributed by atoms with van der Waals surface area (Å²) in [6.45, 7) is 3.02. The first kappa shape index (κ1) is 23.4. The number of hydrogen-bond acceptors (Lipinski definition) is 10. The van der Waals surface area contributed by atoms with Gasteiger partial charge in [0.1, 0.15) is 22.0 Å². The molecule has 11 heteroatoms. The molecule has 0 spiro atoms. The minimum Gasteiger partial charge on any atom is -0.462 e. The van der Waals surface area contributed by atoms with Crippen LogP contribution in [-0.2, 0) is 30.7 Å². The lowest BCUT2D eigenvalue weighted by atomic mass is 10.1. The molecule has 9 nitrogen and oxygen atoms in total. The molecule has 2 rings (SSSR count). The van der Waals surface area contributed by atoms with Crippen LogP contribution in [0.4, 0.5) is 5.00 Å². The molecule has 0 amide bonds. The van der Waals surface area contributed by atoms with Crippen LogP contribution in [-0.4, -0.2) is 45.8 Å². The summed E-state index contributed by atoms with van der Waals surface area (Å²) in [4.78, 5) is 37.0. The number of thiophene rings is 1. The first-order valence-corrected chi connectivity index (χ1v) is 11.5. The maximum absolute atomic E-state index is 12.4. The minimum absolute atomic E-state index is 0.0395. The second-order valence-corrected chi connectivity index (χ2v) is 9.03. The second-order valence-electron chi connectivity index (χ2n) is 5.96. The Labute approximate surface area is 177 Å². The largest absolute Gasteiger partial charge is 0.462 e. The van der Waals surface area contributed by atoms with E-state index in [2.05, 4.69) is 0 Å². The van der Waals surface area contributed by atoms with Crippen LogP contribution < -0.4 is 5.73 Å². The first-order valence-electron chi connectivity index (χ1n) is 8.82. The fourth-order valence-corrected chi connectivity index (χ4v) is 4.06.